The van der Waals surface area contributed by atoms with Gasteiger partial charge in [-0.3, -0.25) is 0 Å². The van der Waals surface area contributed by atoms with Gasteiger partial charge in [-0.1, -0.05) is 38.5 Å². The van der Waals surface area contributed by atoms with Crippen molar-refractivity contribution in [3.8, 4) is 0 Å². The molecule has 1 saturated heterocycles. The molecule has 3 rings (SSSR count). The Morgan fingerprint density at radius 3 is 2.30 bits per heavy atom. The van der Waals surface area contributed by atoms with E-state index >= 15 is 0 Å². The molecule has 3 atom stereocenters. The van der Waals surface area contributed by atoms with E-state index in [-0.39, 0.29) is 29.1 Å². The van der Waals surface area contributed by atoms with Crippen molar-refractivity contribution >= 4 is 18.2 Å². The Morgan fingerprint density at radius 1 is 1.12 bits per heavy atom. The van der Waals surface area contributed by atoms with Crippen LogP contribution < -0.4 is 0 Å². The normalized spacial score (nSPS) is 26.2. The molecule has 0 amide bonds. The highest BCUT2D eigenvalue weighted by atomic mass is 32.2. The van der Waals surface area contributed by atoms with Crippen LogP contribution in [0.15, 0.2) is 41.0 Å². The zero-order valence-corrected chi connectivity index (χ0v) is 23.1. The van der Waals surface area contributed by atoms with E-state index in [1.807, 2.05) is 39.0 Å². The average molecular weight is 497 g/mol. The summed E-state index contributed by atoms with van der Waals surface area (Å²) in [6.07, 6.45) is 2.09. The van der Waals surface area contributed by atoms with Gasteiger partial charge >= 0.3 is 0 Å². The minimum Gasteiger partial charge on any atom is -0.547 e. The SMILES string of the molecule is Cc1ccc(S(=O)(=O)CC[C@H]2C=C(O[Si](C)(C)C(C)(C)C)C[C@@H]([C@H]3COC(C)(C)O3)O2)cc1. The third-order valence-electron chi connectivity index (χ3n) is 6.81. The van der Waals surface area contributed by atoms with Gasteiger partial charge in [-0.2, -0.15) is 0 Å². The lowest BCUT2D eigenvalue weighted by Crippen LogP contribution is -2.44. The lowest BCUT2D eigenvalue weighted by molar-refractivity contribution is -0.162. The summed E-state index contributed by atoms with van der Waals surface area (Å²) in [5.41, 5.74) is 1.03. The van der Waals surface area contributed by atoms with Crippen LogP contribution in [0.25, 0.3) is 0 Å². The second-order valence-electron chi connectivity index (χ2n) is 11.2. The Morgan fingerprint density at radius 2 is 1.76 bits per heavy atom. The summed E-state index contributed by atoms with van der Waals surface area (Å²) >= 11 is 0. The quantitative estimate of drug-likeness (QED) is 0.473. The summed E-state index contributed by atoms with van der Waals surface area (Å²) in [5, 5.41) is 0.0564. The fraction of sp³-hybridized carbons (Fsp3) is 0.680. The molecular weight excluding hydrogens is 456 g/mol. The van der Waals surface area contributed by atoms with Crippen LogP contribution in [0, 0.1) is 6.92 Å². The van der Waals surface area contributed by atoms with Crippen LogP contribution in [0.3, 0.4) is 0 Å². The van der Waals surface area contributed by atoms with Crippen molar-refractivity contribution in [3.05, 3.63) is 41.7 Å². The van der Waals surface area contributed by atoms with E-state index in [1.165, 1.54) is 0 Å². The van der Waals surface area contributed by atoms with Gasteiger partial charge in [0.25, 0.3) is 0 Å². The fourth-order valence-electron chi connectivity index (χ4n) is 3.75. The second kappa shape index (κ2) is 9.45. The Kier molecular flexibility index (Phi) is 7.57. The maximum absolute atomic E-state index is 12.9. The van der Waals surface area contributed by atoms with Gasteiger partial charge in [-0.25, -0.2) is 8.42 Å². The number of ether oxygens (including phenoxy) is 3. The topological polar surface area (TPSA) is 71.1 Å². The molecule has 0 spiro atoms. The number of benzene rings is 1. The smallest absolute Gasteiger partial charge is 0.250 e. The first-order valence-electron chi connectivity index (χ1n) is 11.7. The summed E-state index contributed by atoms with van der Waals surface area (Å²) in [5.74, 6) is 0.231. The number of hydrogen-bond acceptors (Lipinski definition) is 6. The van der Waals surface area contributed by atoms with E-state index in [0.29, 0.717) is 24.3 Å². The third kappa shape index (κ3) is 6.69. The Balaban J connectivity index is 1.78. The van der Waals surface area contributed by atoms with Crippen molar-refractivity contribution < 1.29 is 27.1 Å². The first kappa shape index (κ1) is 26.4. The maximum atomic E-state index is 12.9. The molecule has 2 aliphatic rings. The van der Waals surface area contributed by atoms with Gasteiger partial charge < -0.3 is 18.6 Å². The molecule has 0 radical (unpaired) electrons. The molecule has 0 aromatic heterocycles. The second-order valence-corrected chi connectivity index (χ2v) is 18.0. The zero-order valence-electron chi connectivity index (χ0n) is 21.3. The van der Waals surface area contributed by atoms with Crippen LogP contribution in [-0.4, -0.2) is 53.2 Å². The highest BCUT2D eigenvalue weighted by Crippen LogP contribution is 2.40. The van der Waals surface area contributed by atoms with Gasteiger partial charge in [0.15, 0.2) is 15.6 Å². The molecule has 0 aliphatic carbocycles. The van der Waals surface area contributed by atoms with Crippen molar-refractivity contribution in [2.75, 3.05) is 12.4 Å². The molecule has 2 heterocycles. The summed E-state index contributed by atoms with van der Waals surface area (Å²) in [6, 6.07) is 6.99. The van der Waals surface area contributed by atoms with E-state index in [1.54, 1.807) is 12.1 Å². The van der Waals surface area contributed by atoms with Crippen LogP contribution in [0.1, 0.15) is 53.0 Å². The monoisotopic (exact) mass is 496 g/mol. The molecule has 0 N–H and O–H groups in total. The molecule has 6 nitrogen and oxygen atoms in total. The molecule has 8 heteroatoms. The lowest BCUT2D eigenvalue weighted by Gasteiger charge is -2.40. The molecule has 0 saturated carbocycles. The third-order valence-corrected chi connectivity index (χ3v) is 13.0. The minimum absolute atomic E-state index is 0.00480. The van der Waals surface area contributed by atoms with Gasteiger partial charge in [-0.05, 0) is 63.5 Å². The first-order valence-corrected chi connectivity index (χ1v) is 16.3. The van der Waals surface area contributed by atoms with Crippen LogP contribution in [0.5, 0.6) is 0 Å². The number of rotatable bonds is 7. The van der Waals surface area contributed by atoms with Crippen molar-refractivity contribution in [2.24, 2.45) is 0 Å². The molecule has 186 valence electrons. The van der Waals surface area contributed by atoms with Crippen molar-refractivity contribution in [1.29, 1.82) is 0 Å². The minimum atomic E-state index is -3.40. The van der Waals surface area contributed by atoms with E-state index in [0.717, 1.165) is 11.3 Å². The lowest BCUT2D eigenvalue weighted by atomic mass is 10.0. The largest absolute Gasteiger partial charge is 0.547 e. The van der Waals surface area contributed by atoms with Gasteiger partial charge in [0, 0.05) is 6.42 Å². The van der Waals surface area contributed by atoms with E-state index in [4.69, 9.17) is 18.6 Å². The van der Waals surface area contributed by atoms with Gasteiger partial charge in [0.1, 0.15) is 6.10 Å². The number of hydrogen-bond donors (Lipinski definition) is 0. The van der Waals surface area contributed by atoms with Gasteiger partial charge in [-0.15, -0.1) is 0 Å². The van der Waals surface area contributed by atoms with Gasteiger partial charge in [0.05, 0.1) is 35.2 Å². The maximum Gasteiger partial charge on any atom is 0.250 e. The van der Waals surface area contributed by atoms with Crippen molar-refractivity contribution in [3.63, 3.8) is 0 Å². The van der Waals surface area contributed by atoms with Crippen molar-refractivity contribution in [1.82, 2.24) is 0 Å². The summed E-state index contributed by atoms with van der Waals surface area (Å²) in [7, 11) is -5.46. The standard InChI is InChI=1S/C25H40O6SSi/c1-18-9-11-21(12-10-18)32(26,27)14-13-19-15-20(31-33(7,8)24(2,3)4)16-22(29-19)23-17-28-25(5,6)30-23/h9-12,15,19,22-23H,13-14,16-17H2,1-8H3/t19-,22-,23+/m0/s1. The fourth-order valence-corrected chi connectivity index (χ4v) is 6.19. The summed E-state index contributed by atoms with van der Waals surface area (Å²) < 4.78 is 50.6. The molecular formula is C25H40O6SSi. The summed E-state index contributed by atoms with van der Waals surface area (Å²) in [4.78, 5) is 0.344. The highest BCUT2D eigenvalue weighted by Gasteiger charge is 2.44. The van der Waals surface area contributed by atoms with Crippen LogP contribution >= 0.6 is 0 Å². The molecule has 1 aromatic rings. The van der Waals surface area contributed by atoms with Gasteiger partial charge in [0.2, 0.25) is 8.32 Å². The van der Waals surface area contributed by atoms with Crippen LogP contribution in [0.4, 0.5) is 0 Å². The molecule has 0 bridgehead atoms. The number of aryl methyl sites for hydroxylation is 1. The first-order chi connectivity index (χ1) is 15.1. The average Bonchev–Trinajstić information content (AvgIpc) is 3.05. The molecule has 33 heavy (non-hydrogen) atoms. The predicted molar refractivity (Wildman–Crippen MR) is 132 cm³/mol. The van der Waals surface area contributed by atoms with Crippen LogP contribution in [-0.2, 0) is 28.5 Å². The van der Waals surface area contributed by atoms with Crippen LogP contribution in [0.2, 0.25) is 18.1 Å². The number of sulfone groups is 1. The summed E-state index contributed by atoms with van der Waals surface area (Å²) in [6.45, 7) is 17.2. The zero-order chi connectivity index (χ0) is 24.7. The van der Waals surface area contributed by atoms with Crippen molar-refractivity contribution in [2.45, 2.75) is 102 Å². The Bertz CT molecular complexity index is 960. The molecule has 1 fully saturated rings. The van der Waals surface area contributed by atoms with E-state index in [9.17, 15) is 8.42 Å². The highest BCUT2D eigenvalue weighted by molar-refractivity contribution is 7.91. The Hall–Kier alpha value is -1.19. The molecule has 0 unspecified atom stereocenters. The predicted octanol–water partition coefficient (Wildman–Crippen LogP) is 5.37. The van der Waals surface area contributed by atoms with E-state index in [2.05, 4.69) is 33.9 Å². The molecule has 2 aliphatic heterocycles. The van der Waals surface area contributed by atoms with E-state index < -0.39 is 23.9 Å². The Labute approximate surface area is 200 Å². The molecule has 1 aromatic carbocycles.